The Kier molecular flexibility index (Phi) is 20.8. The van der Waals surface area contributed by atoms with Crippen molar-refractivity contribution in [3.8, 4) is 0 Å². The molecule has 29 heteroatoms. The fourth-order valence-electron chi connectivity index (χ4n) is 8.66. The first-order chi connectivity index (χ1) is 34.2. The van der Waals surface area contributed by atoms with Crippen LogP contribution in [0.4, 0.5) is 16.4 Å². The third-order valence-electron chi connectivity index (χ3n) is 13.0. The maximum Gasteiger partial charge on any atom is 0.407 e. The van der Waals surface area contributed by atoms with Gasteiger partial charge in [0.05, 0.1) is 77.3 Å². The molecule has 24 nitrogen and oxygen atoms in total. The van der Waals surface area contributed by atoms with Crippen molar-refractivity contribution in [1.82, 2.24) is 39.4 Å². The summed E-state index contributed by atoms with van der Waals surface area (Å²) in [5.74, 6) is 0.700. The second kappa shape index (κ2) is 25.7. The normalized spacial score (nSPS) is 28.7. The van der Waals surface area contributed by atoms with Gasteiger partial charge in [0.15, 0.2) is 29.7 Å². The molecular weight excluding hydrogens is 1030 g/mol. The minimum atomic E-state index is -4.53. The molecule has 10 atom stereocenters. The summed E-state index contributed by atoms with van der Waals surface area (Å²) in [5.41, 5.74) is 7.85. The van der Waals surface area contributed by atoms with Gasteiger partial charge in [-0.25, -0.2) is 29.7 Å². The summed E-state index contributed by atoms with van der Waals surface area (Å²) in [6.45, 7) is 18.1. The Balaban J connectivity index is 0.000000531. The Morgan fingerprint density at radius 1 is 0.931 bits per heavy atom. The van der Waals surface area contributed by atoms with Crippen molar-refractivity contribution in [3.63, 3.8) is 0 Å². The maximum absolute atomic E-state index is 13.9. The van der Waals surface area contributed by atoms with Crippen molar-refractivity contribution < 1.29 is 66.6 Å². The molecule has 3 saturated heterocycles. The van der Waals surface area contributed by atoms with Gasteiger partial charge in [0.1, 0.15) is 66.7 Å². The number of quaternary nitrogens is 2. The van der Waals surface area contributed by atoms with Crippen LogP contribution in [0.2, 0.25) is 25.7 Å². The molecule has 3 fully saturated rings. The van der Waals surface area contributed by atoms with Gasteiger partial charge >= 0.3 is 6.09 Å². The number of anilines is 2. The van der Waals surface area contributed by atoms with Crippen LogP contribution in [0, 0.1) is 0 Å². The van der Waals surface area contributed by atoms with Crippen LogP contribution in [0.3, 0.4) is 0 Å². The molecule has 4 aromatic heterocycles. The lowest BCUT2D eigenvalue weighted by atomic mass is 10.1. The summed E-state index contributed by atoms with van der Waals surface area (Å²) in [7, 11) is -1.42. The molecule has 4 aromatic rings. The predicted molar refractivity (Wildman–Crippen MR) is 276 cm³/mol. The van der Waals surface area contributed by atoms with E-state index in [9.17, 15) is 24.5 Å². The molecule has 404 valence electrons. The highest BCUT2D eigenvalue weighted by Crippen LogP contribution is 2.54. The topological polar surface area (TPSA) is 296 Å². The Hall–Kier alpha value is -2.95. The summed E-state index contributed by atoms with van der Waals surface area (Å²) >= 11 is 10.6. The Morgan fingerprint density at radius 2 is 1.58 bits per heavy atom. The third kappa shape index (κ3) is 14.7. The molecule has 72 heavy (non-hydrogen) atoms. The van der Waals surface area contributed by atoms with Gasteiger partial charge in [0.2, 0.25) is 6.80 Å². The zero-order valence-corrected chi connectivity index (χ0v) is 47.1. The van der Waals surface area contributed by atoms with Gasteiger partial charge in [-0.1, -0.05) is 31.4 Å². The number of nitrogen functional groups attached to an aromatic ring is 1. The molecule has 2 bridgehead atoms. The van der Waals surface area contributed by atoms with Crippen molar-refractivity contribution >= 4 is 85.6 Å². The summed E-state index contributed by atoms with van der Waals surface area (Å²) in [6.07, 6.45) is -5.75. The van der Waals surface area contributed by atoms with Gasteiger partial charge in [-0.05, 0) is 66.0 Å². The maximum atomic E-state index is 13.9. The number of aliphatic hydroxyl groups excluding tert-OH is 2. The van der Waals surface area contributed by atoms with Crippen LogP contribution in [-0.2, 0) is 73.9 Å². The number of fused-ring (bicyclic) bond motifs is 4. The summed E-state index contributed by atoms with van der Waals surface area (Å²) in [4.78, 5) is 51.3. The minimum absolute atomic E-state index is 0.0318. The number of rotatable bonds is 13. The molecule has 4 aliphatic heterocycles. The molecule has 0 aromatic carbocycles. The van der Waals surface area contributed by atoms with Gasteiger partial charge in [-0.2, -0.15) is 0 Å². The van der Waals surface area contributed by atoms with Crippen molar-refractivity contribution in [2.75, 3.05) is 76.7 Å². The highest BCUT2D eigenvalue weighted by atomic mass is 32.7. The first-order valence-electron chi connectivity index (χ1n) is 24.8. The number of aliphatic hydroxyl groups is 2. The SMILES string of the molecule is CC[NH+](CC)CC.CC[NH+](CC)CC.C[Si](C)(C)CCOC(=O)NCc1nc(N)c2ncn([C@@H]3O[C@@H]4COP([O-])(=S)O[C@H]5[C@@H](O)[C@H](n6cc7c8c(ncnc86)NCCC7)O[C@@H]5COP(=O)([S-])O[C@@H]3[C@@H]4O)c2n1. The Morgan fingerprint density at radius 3 is 2.22 bits per heavy atom. The number of hydrogen-bond acceptors (Lipinski definition) is 21. The number of carbonyl (C=O) groups excluding carboxylic acids is 1. The fraction of sp³-hybridized carbons (Fsp3) is 0.721. The number of aryl methyl sites for hydroxylation is 1. The van der Waals surface area contributed by atoms with E-state index in [1.807, 2.05) is 0 Å². The summed E-state index contributed by atoms with van der Waals surface area (Å²) in [6, 6.07) is 0.789. The molecule has 0 saturated carbocycles. The highest BCUT2D eigenvalue weighted by molar-refractivity contribution is 8.32. The van der Waals surface area contributed by atoms with Gasteiger partial charge in [-0.15, -0.1) is 0 Å². The first kappa shape index (κ1) is 58.3. The number of carbonyl (C=O) groups is 1. The molecule has 4 aliphatic rings. The predicted octanol–water partition coefficient (Wildman–Crippen LogP) is 1.21. The van der Waals surface area contributed by atoms with Crippen molar-refractivity contribution in [1.29, 1.82) is 0 Å². The van der Waals surface area contributed by atoms with Gasteiger partial charge in [-0.3, -0.25) is 9.13 Å². The number of ether oxygens (including phenoxy) is 3. The third-order valence-corrected chi connectivity index (χ3v) is 17.8. The molecule has 1 amide bonds. The highest BCUT2D eigenvalue weighted by Gasteiger charge is 2.51. The second-order valence-electron chi connectivity index (χ2n) is 19.0. The number of nitrogens with two attached hydrogens (primary N) is 1. The standard InChI is InChI=1S/C31H44N10O12P2S2Si.2C6H15N/c1-58(2,3)8-7-47-31(44)34-9-18-38-25(32)20-28(39-18)41(14-37-20)30-24-21(42)16(50-30)11-48-54(45,56)52-23-17(12-49-55(46,57)53-24)51-29(22(23)43)40-10-15-5-4-6-33-26-19(15)27(40)36-13-35-26;2*1-4-7(5-2)6-3/h10,13-14,16-17,21-24,29-30,42-43H,4-9,11-12H2,1-3H3,(H,34,44)(H,45,56)(H,46,57)(H2,32,38,39)(H,33,35,36);2*4-6H2,1-3H3/t16-,17-,21-,22-,23-,24-,29-,30-,54?,55?;;/m1../s1. The van der Waals surface area contributed by atoms with Crippen LogP contribution in [-0.4, -0.2) is 161 Å². The second-order valence-corrected chi connectivity index (χ2v) is 30.1. The van der Waals surface area contributed by atoms with E-state index < -0.39 is 90.0 Å². The van der Waals surface area contributed by atoms with E-state index in [0.29, 0.717) is 17.9 Å². The Bertz CT molecular complexity index is 2500. The molecule has 0 radical (unpaired) electrons. The molecule has 8 N–H and O–H groups in total. The van der Waals surface area contributed by atoms with E-state index in [1.165, 1.54) is 56.5 Å². The van der Waals surface area contributed by atoms with E-state index in [4.69, 9.17) is 62.1 Å². The largest absolute Gasteiger partial charge is 0.780 e. The van der Waals surface area contributed by atoms with E-state index in [2.05, 4.69) is 96.7 Å². The average molecular weight is 1110 g/mol. The van der Waals surface area contributed by atoms with E-state index in [1.54, 1.807) is 20.6 Å². The summed E-state index contributed by atoms with van der Waals surface area (Å²) in [5, 5.41) is 29.7. The number of nitrogens with one attached hydrogen (secondary N) is 4. The van der Waals surface area contributed by atoms with Crippen LogP contribution >= 0.6 is 13.5 Å². The zero-order valence-electron chi connectivity index (χ0n) is 42.6. The molecule has 0 spiro atoms. The number of imidazole rings is 1. The number of alkyl carbamates (subject to hydrolysis) is 1. The van der Waals surface area contributed by atoms with E-state index in [0.717, 1.165) is 30.0 Å². The first-order valence-corrected chi connectivity index (χ1v) is 33.6. The average Bonchev–Trinajstić information content (AvgIpc) is 4.05. The number of hydrogen-bond donors (Lipinski definition) is 7. The smallest absolute Gasteiger partial charge is 0.407 e. The van der Waals surface area contributed by atoms with Crippen molar-refractivity contribution in [3.05, 3.63) is 30.2 Å². The lowest BCUT2D eigenvalue weighted by molar-refractivity contribution is -0.894. The van der Waals surface area contributed by atoms with Gasteiger partial charge < -0.3 is 90.4 Å². The van der Waals surface area contributed by atoms with E-state index in [-0.39, 0.29) is 36.0 Å². The van der Waals surface area contributed by atoms with Crippen LogP contribution in [0.25, 0.3) is 22.2 Å². The van der Waals surface area contributed by atoms with Gasteiger partial charge in [0, 0.05) is 20.8 Å². The van der Waals surface area contributed by atoms with Crippen LogP contribution in [0.1, 0.15) is 71.8 Å². The van der Waals surface area contributed by atoms with Crippen LogP contribution in [0.15, 0.2) is 18.9 Å². The number of aromatic nitrogens is 7. The van der Waals surface area contributed by atoms with Crippen LogP contribution in [0.5, 0.6) is 0 Å². The molecule has 0 aliphatic carbocycles. The zero-order chi connectivity index (χ0) is 52.5. The lowest BCUT2D eigenvalue weighted by Crippen LogP contribution is -3.11. The molecule has 2 unspecified atom stereocenters. The minimum Gasteiger partial charge on any atom is -0.780 e. The van der Waals surface area contributed by atoms with Crippen molar-refractivity contribution in [2.24, 2.45) is 0 Å². The molecular formula is C43H74N12O12P2S2Si. The molecule has 8 heterocycles. The monoisotopic (exact) mass is 1100 g/mol. The van der Waals surface area contributed by atoms with Gasteiger partial charge in [0.25, 0.3) is 0 Å². The quantitative estimate of drug-likeness (QED) is 0.0563. The number of nitrogens with zero attached hydrogens (tertiary/aromatic N) is 7. The molecule has 8 rings (SSSR count). The van der Waals surface area contributed by atoms with Crippen LogP contribution < -0.4 is 31.1 Å². The Labute approximate surface area is 432 Å². The lowest BCUT2D eigenvalue weighted by Gasteiger charge is -2.34. The summed E-state index contributed by atoms with van der Waals surface area (Å²) < 4.78 is 57.3. The van der Waals surface area contributed by atoms with E-state index >= 15 is 0 Å². The number of amides is 1. The van der Waals surface area contributed by atoms with Crippen molar-refractivity contribution in [2.45, 2.75) is 136 Å². The fourth-order valence-corrected chi connectivity index (χ4v) is 12.2.